The largest absolute Gasteiger partial charge is 0.465 e. The third-order valence-electron chi connectivity index (χ3n) is 3.72. The van der Waals surface area contributed by atoms with E-state index in [4.69, 9.17) is 16.7 Å². The Morgan fingerprint density at radius 3 is 2.74 bits per heavy atom. The van der Waals surface area contributed by atoms with Gasteiger partial charge in [-0.2, -0.15) is 0 Å². The minimum atomic E-state index is -1.12. The number of hydrogen-bond acceptors (Lipinski definition) is 2. The molecule has 1 aliphatic rings. The van der Waals surface area contributed by atoms with E-state index in [-0.39, 0.29) is 12.3 Å². The Morgan fingerprint density at radius 2 is 2.11 bits per heavy atom. The molecule has 0 saturated heterocycles. The molecule has 1 atom stereocenters. The van der Waals surface area contributed by atoms with Gasteiger partial charge in [-0.05, 0) is 24.5 Å². The molecule has 1 fully saturated rings. The van der Waals surface area contributed by atoms with E-state index in [0.29, 0.717) is 17.9 Å². The zero-order chi connectivity index (χ0) is 13.9. The zero-order valence-corrected chi connectivity index (χ0v) is 11.2. The van der Waals surface area contributed by atoms with Gasteiger partial charge in [-0.1, -0.05) is 36.2 Å². The van der Waals surface area contributed by atoms with Gasteiger partial charge in [0.2, 0.25) is 0 Å². The number of halogens is 1. The van der Waals surface area contributed by atoms with Crippen molar-refractivity contribution >= 4 is 23.5 Å². The highest BCUT2D eigenvalue weighted by Gasteiger charge is 2.42. The quantitative estimate of drug-likeness (QED) is 0.895. The molecule has 0 bridgehead atoms. The van der Waals surface area contributed by atoms with Crippen molar-refractivity contribution in [3.63, 3.8) is 0 Å². The van der Waals surface area contributed by atoms with Crippen molar-refractivity contribution in [2.24, 2.45) is 0 Å². The van der Waals surface area contributed by atoms with Gasteiger partial charge in [-0.3, -0.25) is 4.79 Å². The molecule has 0 heterocycles. The molecule has 0 radical (unpaired) electrons. The number of carboxylic acid groups (broad SMARTS) is 1. The van der Waals surface area contributed by atoms with E-state index in [0.717, 1.165) is 18.4 Å². The summed E-state index contributed by atoms with van der Waals surface area (Å²) in [5.41, 5.74) is -0.0789. The maximum absolute atomic E-state index is 12.4. The number of hydrogen-bond donors (Lipinski definition) is 2. The van der Waals surface area contributed by atoms with Gasteiger partial charge in [-0.25, -0.2) is 4.79 Å². The summed E-state index contributed by atoms with van der Waals surface area (Å²) in [5.74, 6) is 0.0700. The first-order valence-corrected chi connectivity index (χ1v) is 6.69. The van der Waals surface area contributed by atoms with E-state index in [1.54, 1.807) is 12.1 Å². The van der Waals surface area contributed by atoms with Crippen molar-refractivity contribution in [2.45, 2.75) is 31.1 Å². The minimum absolute atomic E-state index is 0.0700. The fraction of sp³-hybridized carbons (Fsp3) is 0.429. The minimum Gasteiger partial charge on any atom is -0.465 e. The lowest BCUT2D eigenvalue weighted by molar-refractivity contribution is -0.126. The molecule has 0 unspecified atom stereocenters. The van der Waals surface area contributed by atoms with Crippen LogP contribution < -0.4 is 5.32 Å². The fourth-order valence-electron chi connectivity index (χ4n) is 2.73. The molecule has 19 heavy (non-hydrogen) atoms. The van der Waals surface area contributed by atoms with Crippen LogP contribution in [0.25, 0.3) is 0 Å². The molecular weight excluding hydrogens is 266 g/mol. The highest BCUT2D eigenvalue weighted by atomic mass is 35.5. The van der Waals surface area contributed by atoms with E-state index in [2.05, 4.69) is 5.32 Å². The van der Waals surface area contributed by atoms with Crippen LogP contribution in [0.4, 0.5) is 4.79 Å². The number of amides is 1. The summed E-state index contributed by atoms with van der Waals surface area (Å²) < 4.78 is 0. The van der Waals surface area contributed by atoms with Crippen molar-refractivity contribution in [3.8, 4) is 0 Å². The first-order valence-electron chi connectivity index (χ1n) is 6.31. The van der Waals surface area contributed by atoms with Crippen LogP contribution in [0.15, 0.2) is 24.3 Å². The monoisotopic (exact) mass is 281 g/mol. The molecule has 0 spiro atoms. The lowest BCUT2D eigenvalue weighted by Crippen LogP contribution is -2.48. The van der Waals surface area contributed by atoms with Gasteiger partial charge in [0.1, 0.15) is 5.78 Å². The van der Waals surface area contributed by atoms with Crippen LogP contribution >= 0.6 is 11.6 Å². The lowest BCUT2D eigenvalue weighted by atomic mass is 9.68. The Hall–Kier alpha value is -1.55. The van der Waals surface area contributed by atoms with Gasteiger partial charge in [0.15, 0.2) is 0 Å². The normalized spacial score (nSPS) is 23.1. The van der Waals surface area contributed by atoms with Crippen LogP contribution in [0.2, 0.25) is 5.02 Å². The van der Waals surface area contributed by atoms with Gasteiger partial charge in [0, 0.05) is 18.0 Å². The number of nitrogens with one attached hydrogen (secondary N) is 1. The molecular formula is C14H16ClNO3. The Bertz CT molecular complexity index is 503. The summed E-state index contributed by atoms with van der Waals surface area (Å²) in [6.45, 7) is 0.0882. The molecule has 2 rings (SSSR count). The number of ketones is 1. The topological polar surface area (TPSA) is 66.4 Å². The van der Waals surface area contributed by atoms with E-state index in [9.17, 15) is 9.59 Å². The van der Waals surface area contributed by atoms with Gasteiger partial charge in [0.25, 0.3) is 0 Å². The summed E-state index contributed by atoms with van der Waals surface area (Å²) in [5, 5.41) is 11.7. The number of carbonyl (C=O) groups is 2. The molecule has 1 aliphatic carbocycles. The molecule has 5 heteroatoms. The highest BCUT2D eigenvalue weighted by Crippen LogP contribution is 2.39. The highest BCUT2D eigenvalue weighted by molar-refractivity contribution is 6.31. The van der Waals surface area contributed by atoms with E-state index in [1.807, 2.05) is 12.1 Å². The van der Waals surface area contributed by atoms with Crippen LogP contribution in [0, 0.1) is 0 Å². The predicted molar refractivity (Wildman–Crippen MR) is 72.6 cm³/mol. The van der Waals surface area contributed by atoms with Crippen LogP contribution in [-0.4, -0.2) is 23.5 Å². The Morgan fingerprint density at radius 1 is 1.37 bits per heavy atom. The number of rotatable bonds is 3. The molecule has 1 aromatic rings. The fourth-order valence-corrected chi connectivity index (χ4v) is 3.05. The second-order valence-corrected chi connectivity index (χ2v) is 5.26. The lowest BCUT2D eigenvalue weighted by Gasteiger charge is -2.36. The SMILES string of the molecule is O=C(O)NC[C@@]1(c2ccccc2Cl)CCCCC1=O. The molecule has 1 amide bonds. The first kappa shape index (κ1) is 13.9. The van der Waals surface area contributed by atoms with Crippen molar-refractivity contribution in [3.05, 3.63) is 34.9 Å². The van der Waals surface area contributed by atoms with Crippen molar-refractivity contribution < 1.29 is 14.7 Å². The third-order valence-corrected chi connectivity index (χ3v) is 4.05. The first-order chi connectivity index (χ1) is 9.06. The van der Waals surface area contributed by atoms with Crippen LogP contribution in [-0.2, 0) is 10.2 Å². The van der Waals surface area contributed by atoms with Crippen LogP contribution in [0.5, 0.6) is 0 Å². The van der Waals surface area contributed by atoms with E-state index in [1.165, 1.54) is 0 Å². The Balaban J connectivity index is 2.41. The summed E-state index contributed by atoms with van der Waals surface area (Å²) in [7, 11) is 0. The van der Waals surface area contributed by atoms with Crippen LogP contribution in [0.3, 0.4) is 0 Å². The van der Waals surface area contributed by atoms with Gasteiger partial charge >= 0.3 is 6.09 Å². The maximum atomic E-state index is 12.4. The smallest absolute Gasteiger partial charge is 0.404 e. The number of Topliss-reactive ketones (excluding diaryl/α,β-unsaturated/α-hetero) is 1. The average molecular weight is 282 g/mol. The van der Waals surface area contributed by atoms with Crippen molar-refractivity contribution in [1.82, 2.24) is 5.32 Å². The second kappa shape index (κ2) is 5.61. The molecule has 2 N–H and O–H groups in total. The molecule has 1 saturated carbocycles. The molecule has 1 aromatic carbocycles. The summed E-state index contributed by atoms with van der Waals surface area (Å²) >= 11 is 6.20. The van der Waals surface area contributed by atoms with Gasteiger partial charge in [-0.15, -0.1) is 0 Å². The standard InChI is InChI=1S/C14H16ClNO3/c15-11-6-2-1-5-10(11)14(9-16-13(18)19)8-4-3-7-12(14)17/h1-2,5-6,16H,3-4,7-9H2,(H,18,19)/t14-/m1/s1. The predicted octanol–water partition coefficient (Wildman–Crippen LogP) is 2.99. The summed E-state index contributed by atoms with van der Waals surface area (Å²) in [6.07, 6.45) is 1.75. The summed E-state index contributed by atoms with van der Waals surface area (Å²) in [6, 6.07) is 7.18. The van der Waals surface area contributed by atoms with Crippen LogP contribution in [0.1, 0.15) is 31.2 Å². The maximum Gasteiger partial charge on any atom is 0.404 e. The molecule has 0 aliphatic heterocycles. The Labute approximate surface area is 116 Å². The van der Waals surface area contributed by atoms with E-state index < -0.39 is 11.5 Å². The average Bonchev–Trinajstić information content (AvgIpc) is 2.39. The molecule has 0 aromatic heterocycles. The van der Waals surface area contributed by atoms with E-state index >= 15 is 0 Å². The van der Waals surface area contributed by atoms with Crippen molar-refractivity contribution in [2.75, 3.05) is 6.54 Å². The van der Waals surface area contributed by atoms with Gasteiger partial charge in [0.05, 0.1) is 5.41 Å². The zero-order valence-electron chi connectivity index (χ0n) is 10.5. The summed E-state index contributed by atoms with van der Waals surface area (Å²) in [4.78, 5) is 23.1. The molecule has 4 nitrogen and oxygen atoms in total. The third kappa shape index (κ3) is 2.73. The second-order valence-electron chi connectivity index (χ2n) is 4.85. The van der Waals surface area contributed by atoms with Gasteiger partial charge < -0.3 is 10.4 Å². The van der Waals surface area contributed by atoms with Crippen molar-refractivity contribution in [1.29, 1.82) is 0 Å². The molecule has 102 valence electrons. The number of benzene rings is 1. The Kier molecular flexibility index (Phi) is 4.10. The number of carbonyl (C=O) groups excluding carboxylic acids is 1.